The molecule has 0 N–H and O–H groups in total. The lowest BCUT2D eigenvalue weighted by atomic mass is 9.97. The molecule has 0 aliphatic carbocycles. The first-order valence-corrected chi connectivity index (χ1v) is 20.2. The summed E-state index contributed by atoms with van der Waals surface area (Å²) in [6.07, 6.45) is 0. The lowest BCUT2D eigenvalue weighted by Gasteiger charge is -2.11. The third-order valence-corrected chi connectivity index (χ3v) is 11.3. The SMILES string of the molecule is N#Cc1cccc(-c2ccc(-c3nc(-c4cccc(-c5cccc(-c6ccccc6)c5)c4)nc(-c4ccc5c(c4)oc4cccc(-c6ccc7ccccc7c6)c45)n3)cc2)c1. The van der Waals surface area contributed by atoms with Crippen LogP contribution in [0, 0.1) is 11.3 Å². The van der Waals surface area contributed by atoms with Gasteiger partial charge in [-0.1, -0.05) is 158 Å². The van der Waals surface area contributed by atoms with E-state index in [1.54, 1.807) is 0 Å². The van der Waals surface area contributed by atoms with E-state index in [0.29, 0.717) is 23.0 Å². The molecule has 0 saturated carbocycles. The lowest BCUT2D eigenvalue weighted by Crippen LogP contribution is -2.00. The van der Waals surface area contributed by atoms with Crippen LogP contribution in [-0.2, 0) is 0 Å². The van der Waals surface area contributed by atoms with E-state index >= 15 is 0 Å². The van der Waals surface area contributed by atoms with Gasteiger partial charge in [0.2, 0.25) is 0 Å². The molecule has 0 saturated heterocycles. The number of rotatable bonds is 7. The van der Waals surface area contributed by atoms with Gasteiger partial charge in [-0.05, 0) is 104 Å². The fourth-order valence-electron chi connectivity index (χ4n) is 8.25. The molecule has 0 amide bonds. The van der Waals surface area contributed by atoms with Gasteiger partial charge in [0.25, 0.3) is 0 Å². The second kappa shape index (κ2) is 15.0. The van der Waals surface area contributed by atoms with Gasteiger partial charge in [0.05, 0.1) is 11.6 Å². The maximum Gasteiger partial charge on any atom is 0.164 e. The van der Waals surface area contributed by atoms with Gasteiger partial charge in [0, 0.05) is 27.5 Å². The van der Waals surface area contributed by atoms with Crippen molar-refractivity contribution in [2.75, 3.05) is 0 Å². The first-order chi connectivity index (χ1) is 30.1. The lowest BCUT2D eigenvalue weighted by molar-refractivity contribution is 0.669. The number of hydrogen-bond donors (Lipinski definition) is 0. The Morgan fingerprint density at radius 2 is 0.869 bits per heavy atom. The molecule has 0 unspecified atom stereocenters. The Morgan fingerprint density at radius 1 is 0.344 bits per heavy atom. The predicted octanol–water partition coefficient (Wildman–Crippen LogP) is 14.5. The van der Waals surface area contributed by atoms with Gasteiger partial charge in [-0.15, -0.1) is 0 Å². The van der Waals surface area contributed by atoms with Crippen molar-refractivity contribution in [1.82, 2.24) is 15.0 Å². The molecule has 2 heterocycles. The van der Waals surface area contributed by atoms with Crippen molar-refractivity contribution in [3.63, 3.8) is 0 Å². The maximum absolute atomic E-state index is 9.49. The Balaban J connectivity index is 1.03. The Labute approximate surface area is 352 Å². The molecular weight excluding hydrogens is 745 g/mol. The van der Waals surface area contributed by atoms with Crippen LogP contribution in [0.2, 0.25) is 0 Å². The summed E-state index contributed by atoms with van der Waals surface area (Å²) in [5, 5.41) is 14.0. The van der Waals surface area contributed by atoms with Gasteiger partial charge in [-0.2, -0.15) is 5.26 Å². The molecule has 0 fully saturated rings. The highest BCUT2D eigenvalue weighted by Gasteiger charge is 2.18. The molecule has 5 heteroatoms. The van der Waals surface area contributed by atoms with Crippen molar-refractivity contribution in [1.29, 1.82) is 5.26 Å². The molecular formula is C56H34N4O. The summed E-state index contributed by atoms with van der Waals surface area (Å²) in [7, 11) is 0. The summed E-state index contributed by atoms with van der Waals surface area (Å²) in [5.74, 6) is 1.66. The minimum atomic E-state index is 0.541. The van der Waals surface area contributed by atoms with Crippen LogP contribution in [0.4, 0.5) is 0 Å². The summed E-state index contributed by atoms with van der Waals surface area (Å²) in [6.45, 7) is 0. The monoisotopic (exact) mass is 778 g/mol. The number of furan rings is 1. The number of nitrogens with zero attached hydrogens (tertiary/aromatic N) is 4. The van der Waals surface area contributed by atoms with Crippen LogP contribution in [0.5, 0.6) is 0 Å². The first kappa shape index (κ1) is 35.7. The molecule has 0 aliphatic rings. The fourth-order valence-corrected chi connectivity index (χ4v) is 8.25. The maximum atomic E-state index is 9.49. The van der Waals surface area contributed by atoms with Gasteiger partial charge in [0.1, 0.15) is 11.2 Å². The van der Waals surface area contributed by atoms with E-state index in [2.05, 4.69) is 146 Å². The Morgan fingerprint density at radius 3 is 1.62 bits per heavy atom. The highest BCUT2D eigenvalue weighted by atomic mass is 16.3. The molecule has 284 valence electrons. The van der Waals surface area contributed by atoms with E-state index in [-0.39, 0.29) is 0 Å². The number of nitriles is 1. The van der Waals surface area contributed by atoms with Crippen LogP contribution in [-0.4, -0.2) is 15.0 Å². The van der Waals surface area contributed by atoms with Crippen molar-refractivity contribution >= 4 is 32.7 Å². The molecule has 0 atom stereocenters. The predicted molar refractivity (Wildman–Crippen MR) is 247 cm³/mol. The highest BCUT2D eigenvalue weighted by molar-refractivity contribution is 6.13. The summed E-state index contributed by atoms with van der Waals surface area (Å²) < 4.78 is 6.58. The van der Waals surface area contributed by atoms with Crippen LogP contribution < -0.4 is 0 Å². The van der Waals surface area contributed by atoms with Crippen molar-refractivity contribution in [2.45, 2.75) is 0 Å². The summed E-state index contributed by atoms with van der Waals surface area (Å²) in [4.78, 5) is 15.4. The second-order valence-electron chi connectivity index (χ2n) is 15.2. The van der Waals surface area contributed by atoms with Gasteiger partial charge in [-0.3, -0.25) is 0 Å². The van der Waals surface area contributed by atoms with E-state index in [1.165, 1.54) is 16.3 Å². The highest BCUT2D eigenvalue weighted by Crippen LogP contribution is 2.39. The number of hydrogen-bond acceptors (Lipinski definition) is 5. The zero-order valence-electron chi connectivity index (χ0n) is 32.8. The smallest absolute Gasteiger partial charge is 0.164 e. The zero-order chi connectivity index (χ0) is 40.7. The van der Waals surface area contributed by atoms with Crippen LogP contribution in [0.1, 0.15) is 5.56 Å². The third kappa shape index (κ3) is 6.78. The molecule has 9 aromatic carbocycles. The van der Waals surface area contributed by atoms with E-state index in [1.807, 2.05) is 66.7 Å². The molecule has 5 nitrogen and oxygen atoms in total. The fraction of sp³-hybridized carbons (Fsp3) is 0. The number of aromatic nitrogens is 3. The summed E-state index contributed by atoms with van der Waals surface area (Å²) in [6, 6.07) is 72.9. The Bertz CT molecular complexity index is 3490. The topological polar surface area (TPSA) is 75.6 Å². The standard InChI is InChI=1S/C56H34N4O/c57-35-36-10-6-15-41(30-36)39-22-25-40(26-23-39)54-58-55(47-19-8-18-45(33-47)44-17-7-16-43(31-44)37-11-2-1-3-12-37)60-56(59-54)48-28-29-50-52(34-48)61-51-21-9-20-49(53(50)51)46-27-24-38-13-4-5-14-42(38)32-46/h1-34H. The number of benzene rings is 9. The van der Waals surface area contributed by atoms with Gasteiger partial charge in [-0.25, -0.2) is 15.0 Å². The van der Waals surface area contributed by atoms with E-state index in [4.69, 9.17) is 19.4 Å². The van der Waals surface area contributed by atoms with Crippen molar-refractivity contribution in [3.8, 4) is 84.7 Å². The Kier molecular flexibility index (Phi) is 8.80. The molecule has 0 bridgehead atoms. The van der Waals surface area contributed by atoms with Crippen LogP contribution >= 0.6 is 0 Å². The zero-order valence-corrected chi connectivity index (χ0v) is 32.8. The van der Waals surface area contributed by atoms with Crippen molar-refractivity contribution < 1.29 is 4.42 Å². The van der Waals surface area contributed by atoms with Crippen molar-refractivity contribution in [2.24, 2.45) is 0 Å². The molecule has 61 heavy (non-hydrogen) atoms. The second-order valence-corrected chi connectivity index (χ2v) is 15.2. The van der Waals surface area contributed by atoms with Crippen LogP contribution in [0.3, 0.4) is 0 Å². The minimum absolute atomic E-state index is 0.541. The summed E-state index contributed by atoms with van der Waals surface area (Å²) >= 11 is 0. The van der Waals surface area contributed by atoms with Crippen LogP contribution in [0.25, 0.3) is 111 Å². The summed E-state index contributed by atoms with van der Waals surface area (Å²) in [5.41, 5.74) is 13.5. The van der Waals surface area contributed by atoms with Gasteiger partial charge >= 0.3 is 0 Å². The largest absolute Gasteiger partial charge is 0.456 e. The first-order valence-electron chi connectivity index (χ1n) is 20.2. The number of fused-ring (bicyclic) bond motifs is 4. The molecule has 11 rings (SSSR count). The minimum Gasteiger partial charge on any atom is -0.456 e. The Hall–Kier alpha value is -8.46. The van der Waals surface area contributed by atoms with Crippen LogP contribution in [0.15, 0.2) is 211 Å². The average Bonchev–Trinajstić information content (AvgIpc) is 3.72. The van der Waals surface area contributed by atoms with E-state index < -0.39 is 0 Å². The molecule has 11 aromatic rings. The third-order valence-electron chi connectivity index (χ3n) is 11.3. The molecule has 0 radical (unpaired) electrons. The van der Waals surface area contributed by atoms with Gasteiger partial charge < -0.3 is 4.42 Å². The molecule has 0 spiro atoms. The van der Waals surface area contributed by atoms with Crippen molar-refractivity contribution in [3.05, 3.63) is 212 Å². The van der Waals surface area contributed by atoms with E-state index in [0.717, 1.165) is 77.6 Å². The van der Waals surface area contributed by atoms with E-state index in [9.17, 15) is 5.26 Å². The quantitative estimate of drug-likeness (QED) is 0.161. The average molecular weight is 779 g/mol. The van der Waals surface area contributed by atoms with Gasteiger partial charge in [0.15, 0.2) is 17.5 Å². The molecule has 2 aromatic heterocycles. The normalized spacial score (nSPS) is 11.3. The molecule has 0 aliphatic heterocycles.